The third kappa shape index (κ3) is 3.63. The molecule has 5 heteroatoms. The lowest BCUT2D eigenvalue weighted by molar-refractivity contribution is -0.137. The second kappa shape index (κ2) is 5.61. The highest BCUT2D eigenvalue weighted by molar-refractivity contribution is 5.45. The van der Waals surface area contributed by atoms with Gasteiger partial charge in [-0.1, -0.05) is 0 Å². The molecule has 0 aromatic heterocycles. The third-order valence-corrected chi connectivity index (χ3v) is 3.20. The Morgan fingerprint density at radius 3 is 2.28 bits per heavy atom. The van der Waals surface area contributed by atoms with Crippen LogP contribution in [0.3, 0.4) is 0 Å². The number of rotatable bonds is 3. The summed E-state index contributed by atoms with van der Waals surface area (Å²) in [5, 5.41) is 7.45. The minimum Gasteiger partial charge on any atom is -0.385 e. The molecule has 0 unspecified atom stereocenters. The van der Waals surface area contributed by atoms with E-state index in [-0.39, 0.29) is 0 Å². The van der Waals surface area contributed by atoms with Gasteiger partial charge in [-0.05, 0) is 43.0 Å². The zero-order valence-corrected chi connectivity index (χ0v) is 10.0. The summed E-state index contributed by atoms with van der Waals surface area (Å²) in [6.45, 7) is 2.61. The van der Waals surface area contributed by atoms with E-state index in [1.54, 1.807) is 0 Å². The van der Waals surface area contributed by atoms with Crippen LogP contribution in [0.25, 0.3) is 0 Å². The van der Waals surface area contributed by atoms with E-state index in [9.17, 15) is 13.2 Å². The Labute approximate surface area is 105 Å². The molecule has 1 fully saturated rings. The lowest BCUT2D eigenvalue weighted by atomic mass is 9.98. The maximum absolute atomic E-state index is 12.4. The number of anilines is 1. The number of alkyl halides is 3. The number of hydrogen-bond acceptors (Lipinski definition) is 1. The van der Waals surface area contributed by atoms with Crippen molar-refractivity contribution < 1.29 is 13.2 Å². The van der Waals surface area contributed by atoms with Crippen LogP contribution in [0, 0.1) is 5.92 Å². The molecule has 0 saturated carbocycles. The second-order valence-electron chi connectivity index (χ2n) is 4.57. The topological polar surface area (TPSA) is 26.1 Å². The van der Waals surface area contributed by atoms with Gasteiger partial charge in [-0.2, -0.15) is 13.2 Å². The molecular weight excluding hydrogens is 241 g/mol. The van der Waals surface area contributed by atoms with Gasteiger partial charge in [0.05, 0.1) is 5.56 Å². The Morgan fingerprint density at radius 2 is 1.72 bits per heavy atom. The molecule has 0 bridgehead atoms. The van der Waals surface area contributed by atoms with Gasteiger partial charge in [0.1, 0.15) is 0 Å². The molecule has 2 rings (SSSR count). The molecule has 1 heterocycles. The molecule has 0 spiro atoms. The summed E-state index contributed by atoms with van der Waals surface area (Å²) >= 11 is 0. The minimum absolute atomic E-state index is 0.574. The smallest absolute Gasteiger partial charge is 0.385 e. The highest BCUT2D eigenvalue weighted by atomic mass is 19.4. The molecule has 1 aliphatic rings. The van der Waals surface area contributed by atoms with Crippen LogP contribution in [0.15, 0.2) is 24.3 Å². The van der Waals surface area contributed by atoms with Crippen LogP contribution in [0.5, 0.6) is 0 Å². The van der Waals surface area contributed by atoms with Crippen molar-refractivity contribution in [2.24, 2.45) is 5.92 Å². The number of nitrogens with one attached hydrogen (secondary N) is 1. The van der Waals surface area contributed by atoms with Gasteiger partial charge in [0.25, 0.3) is 0 Å². The normalized spacial score (nSPS) is 17.7. The fraction of sp³-hybridized carbons (Fsp3) is 0.538. The molecule has 1 aliphatic heterocycles. The highest BCUT2D eigenvalue weighted by Crippen LogP contribution is 2.29. The van der Waals surface area contributed by atoms with Crippen LogP contribution in [0.1, 0.15) is 18.4 Å². The molecule has 99 valence electrons. The van der Waals surface area contributed by atoms with Crippen molar-refractivity contribution in [2.75, 3.05) is 25.0 Å². The first kappa shape index (κ1) is 13.2. The first-order valence-electron chi connectivity index (χ1n) is 6.10. The van der Waals surface area contributed by atoms with Crippen molar-refractivity contribution in [1.29, 1.82) is 0 Å². The molecule has 1 N–H and O–H groups in total. The van der Waals surface area contributed by atoms with Gasteiger partial charge in [-0.3, -0.25) is 0 Å². The molecule has 1 saturated heterocycles. The molecule has 0 amide bonds. The van der Waals surface area contributed by atoms with Crippen LogP contribution in [-0.4, -0.2) is 19.6 Å². The van der Waals surface area contributed by atoms with Crippen molar-refractivity contribution in [3.8, 4) is 0 Å². The maximum atomic E-state index is 12.4. The van der Waals surface area contributed by atoms with Crippen molar-refractivity contribution >= 4 is 5.69 Å². The summed E-state index contributed by atoms with van der Waals surface area (Å²) in [4.78, 5) is 0. The van der Waals surface area contributed by atoms with Crippen molar-refractivity contribution in [3.63, 3.8) is 0 Å². The highest BCUT2D eigenvalue weighted by Gasteiger charge is 2.29. The summed E-state index contributed by atoms with van der Waals surface area (Å²) in [6.07, 6.45) is -2.13. The van der Waals surface area contributed by atoms with Crippen LogP contribution < -0.4 is 10.6 Å². The number of benzene rings is 1. The predicted octanol–water partition coefficient (Wildman–Crippen LogP) is 3.13. The van der Waals surface area contributed by atoms with Crippen LogP contribution >= 0.6 is 0 Å². The Hall–Kier alpha value is -1.23. The second-order valence-corrected chi connectivity index (χ2v) is 4.57. The Kier molecular flexibility index (Phi) is 4.11. The van der Waals surface area contributed by atoms with E-state index < -0.39 is 11.7 Å². The van der Waals surface area contributed by atoms with Gasteiger partial charge in [-0.15, -0.1) is 0 Å². The first-order valence-corrected chi connectivity index (χ1v) is 6.10. The molecule has 1 radical (unpaired) electrons. The standard InChI is InChI=1S/C13H16F3N2/c14-13(15,16)11-1-3-12(4-2-11)18-9-10-5-7-17-8-6-10/h1-4,10,18H,5-9H2. The molecular formula is C13H16F3N2. The van der Waals surface area contributed by atoms with Crippen LogP contribution in [0.4, 0.5) is 18.9 Å². The zero-order chi connectivity index (χ0) is 13.0. The summed E-state index contributed by atoms with van der Waals surface area (Å²) < 4.78 is 37.1. The fourth-order valence-corrected chi connectivity index (χ4v) is 2.05. The molecule has 0 aliphatic carbocycles. The minimum atomic E-state index is -4.26. The summed E-state index contributed by atoms with van der Waals surface area (Å²) in [7, 11) is 0. The van der Waals surface area contributed by atoms with Gasteiger partial charge in [0.2, 0.25) is 0 Å². The molecule has 1 aromatic rings. The van der Waals surface area contributed by atoms with E-state index in [4.69, 9.17) is 0 Å². The Morgan fingerprint density at radius 1 is 1.11 bits per heavy atom. The largest absolute Gasteiger partial charge is 0.416 e. The Bertz CT molecular complexity index is 367. The molecule has 18 heavy (non-hydrogen) atoms. The number of hydrogen-bond donors (Lipinski definition) is 1. The van der Waals surface area contributed by atoms with Crippen LogP contribution in [-0.2, 0) is 6.18 Å². The van der Waals surface area contributed by atoms with Gasteiger partial charge in [-0.25, -0.2) is 5.32 Å². The average molecular weight is 257 g/mol. The van der Waals surface area contributed by atoms with Crippen LogP contribution in [0.2, 0.25) is 0 Å². The first-order chi connectivity index (χ1) is 8.55. The Balaban J connectivity index is 1.86. The number of piperidine rings is 1. The van der Waals surface area contributed by atoms with E-state index in [0.29, 0.717) is 5.92 Å². The van der Waals surface area contributed by atoms with Crippen molar-refractivity contribution in [1.82, 2.24) is 5.32 Å². The third-order valence-electron chi connectivity index (χ3n) is 3.20. The zero-order valence-electron chi connectivity index (χ0n) is 10.0. The van der Waals surface area contributed by atoms with Gasteiger partial charge >= 0.3 is 6.18 Å². The van der Waals surface area contributed by atoms with E-state index in [0.717, 1.165) is 50.3 Å². The average Bonchev–Trinajstić information content (AvgIpc) is 2.37. The monoisotopic (exact) mass is 257 g/mol. The predicted molar refractivity (Wildman–Crippen MR) is 64.5 cm³/mol. The molecule has 1 aromatic carbocycles. The van der Waals surface area contributed by atoms with Crippen molar-refractivity contribution in [2.45, 2.75) is 19.0 Å². The molecule has 0 atom stereocenters. The van der Waals surface area contributed by atoms with Crippen molar-refractivity contribution in [3.05, 3.63) is 29.8 Å². The van der Waals surface area contributed by atoms with E-state index in [2.05, 4.69) is 10.6 Å². The SMILES string of the molecule is FC(F)(F)c1ccc(NCC2CC[N]CC2)cc1. The maximum Gasteiger partial charge on any atom is 0.416 e. The number of nitrogens with zero attached hydrogens (tertiary/aromatic N) is 1. The summed E-state index contributed by atoms with van der Waals surface area (Å²) in [5.74, 6) is 0.574. The summed E-state index contributed by atoms with van der Waals surface area (Å²) in [6, 6.07) is 5.18. The van der Waals surface area contributed by atoms with Gasteiger partial charge < -0.3 is 5.32 Å². The number of halogens is 3. The van der Waals surface area contributed by atoms with E-state index in [1.165, 1.54) is 12.1 Å². The summed E-state index contributed by atoms with van der Waals surface area (Å²) in [5.41, 5.74) is 0.134. The quantitative estimate of drug-likeness (QED) is 0.884. The van der Waals surface area contributed by atoms with Gasteiger partial charge in [0, 0.05) is 25.3 Å². The molecule has 2 nitrogen and oxygen atoms in total. The lowest BCUT2D eigenvalue weighted by Crippen LogP contribution is -2.27. The fourth-order valence-electron chi connectivity index (χ4n) is 2.05. The van der Waals surface area contributed by atoms with E-state index >= 15 is 0 Å². The lowest BCUT2D eigenvalue weighted by Gasteiger charge is -2.22. The van der Waals surface area contributed by atoms with E-state index in [1.807, 2.05) is 0 Å². The van der Waals surface area contributed by atoms with Gasteiger partial charge in [0.15, 0.2) is 0 Å².